The molecule has 0 saturated carbocycles. The first-order valence-electron chi connectivity index (χ1n) is 7.20. The summed E-state index contributed by atoms with van der Waals surface area (Å²) in [5.74, 6) is 0.368. The highest BCUT2D eigenvalue weighted by molar-refractivity contribution is 5.37. The van der Waals surface area contributed by atoms with Crippen LogP contribution >= 0.6 is 0 Å². The van der Waals surface area contributed by atoms with Crippen molar-refractivity contribution in [2.24, 2.45) is 5.92 Å². The summed E-state index contributed by atoms with van der Waals surface area (Å²) >= 11 is 0. The van der Waals surface area contributed by atoms with Crippen molar-refractivity contribution in [1.82, 2.24) is 9.13 Å². The van der Waals surface area contributed by atoms with Gasteiger partial charge in [-0.1, -0.05) is 19.9 Å². The van der Waals surface area contributed by atoms with Crippen LogP contribution in [-0.2, 0) is 12.7 Å². The minimum Gasteiger partial charge on any atom is -0.309 e. The van der Waals surface area contributed by atoms with Gasteiger partial charge in [0, 0.05) is 24.6 Å². The lowest BCUT2D eigenvalue weighted by molar-refractivity contribution is -0.137. The van der Waals surface area contributed by atoms with Gasteiger partial charge < -0.3 is 4.57 Å². The Balaban J connectivity index is 2.44. The molecule has 1 aromatic heterocycles. The van der Waals surface area contributed by atoms with Gasteiger partial charge in [-0.15, -0.1) is 0 Å². The maximum Gasteiger partial charge on any atom is 0.416 e. The number of nitrogens with zero attached hydrogens (tertiary/aromatic N) is 2. The van der Waals surface area contributed by atoms with Crippen molar-refractivity contribution in [3.63, 3.8) is 0 Å². The second-order valence-electron chi connectivity index (χ2n) is 5.70. The van der Waals surface area contributed by atoms with Gasteiger partial charge >= 0.3 is 17.3 Å². The van der Waals surface area contributed by atoms with Gasteiger partial charge in [-0.3, -0.25) is 14.2 Å². The van der Waals surface area contributed by atoms with Crippen LogP contribution in [0.4, 0.5) is 13.2 Å². The van der Waals surface area contributed by atoms with Crippen LogP contribution in [0.1, 0.15) is 25.8 Å². The Bertz CT molecular complexity index is 804. The molecule has 2 rings (SSSR count). The predicted molar refractivity (Wildman–Crippen MR) is 80.8 cm³/mol. The van der Waals surface area contributed by atoms with E-state index in [0.717, 1.165) is 23.1 Å². The molecule has 1 heterocycles. The van der Waals surface area contributed by atoms with E-state index in [1.807, 2.05) is 13.8 Å². The average molecular weight is 326 g/mol. The maximum absolute atomic E-state index is 12.8. The normalized spacial score (nSPS) is 11.9. The quantitative estimate of drug-likeness (QED) is 0.811. The van der Waals surface area contributed by atoms with Crippen molar-refractivity contribution in [3.05, 3.63) is 62.9 Å². The van der Waals surface area contributed by atoms with Crippen molar-refractivity contribution in [3.8, 4) is 5.69 Å². The van der Waals surface area contributed by atoms with Gasteiger partial charge in [0.1, 0.15) is 0 Å². The molecule has 0 aliphatic heterocycles. The van der Waals surface area contributed by atoms with Crippen molar-refractivity contribution < 1.29 is 13.2 Å². The fourth-order valence-electron chi connectivity index (χ4n) is 2.12. The Kier molecular flexibility index (Phi) is 4.77. The van der Waals surface area contributed by atoms with Crippen LogP contribution in [0.2, 0.25) is 0 Å². The van der Waals surface area contributed by atoms with E-state index in [9.17, 15) is 22.8 Å². The zero-order valence-corrected chi connectivity index (χ0v) is 12.8. The molecular formula is C16H17F3N2O2. The second-order valence-corrected chi connectivity index (χ2v) is 5.70. The van der Waals surface area contributed by atoms with E-state index in [1.54, 1.807) is 0 Å². The van der Waals surface area contributed by atoms with Crippen LogP contribution in [0.25, 0.3) is 5.69 Å². The summed E-state index contributed by atoms with van der Waals surface area (Å²) < 4.78 is 40.5. The van der Waals surface area contributed by atoms with Gasteiger partial charge in [-0.25, -0.2) is 0 Å². The van der Waals surface area contributed by atoms with Gasteiger partial charge in [0.25, 0.3) is 0 Å². The summed E-state index contributed by atoms with van der Waals surface area (Å²) in [4.78, 5) is 24.2. The molecule has 0 aliphatic rings. The van der Waals surface area contributed by atoms with Crippen LogP contribution in [0.15, 0.2) is 46.2 Å². The number of aryl methyl sites for hydroxylation is 1. The molecule has 0 atom stereocenters. The summed E-state index contributed by atoms with van der Waals surface area (Å²) in [5.41, 5.74) is -2.47. The predicted octanol–water partition coefficient (Wildman–Crippen LogP) is 3.06. The molecule has 0 radical (unpaired) electrons. The number of hydrogen-bond donors (Lipinski definition) is 0. The molecule has 7 heteroatoms. The monoisotopic (exact) mass is 326 g/mol. The van der Waals surface area contributed by atoms with E-state index < -0.39 is 22.9 Å². The number of halogens is 3. The van der Waals surface area contributed by atoms with E-state index in [0.29, 0.717) is 12.5 Å². The molecular weight excluding hydrogens is 309 g/mol. The Hall–Kier alpha value is -2.31. The average Bonchev–Trinajstić information content (AvgIpc) is 2.48. The van der Waals surface area contributed by atoms with E-state index in [4.69, 9.17) is 0 Å². The van der Waals surface area contributed by atoms with E-state index >= 15 is 0 Å². The van der Waals surface area contributed by atoms with Gasteiger partial charge in [-0.05, 0) is 30.5 Å². The zero-order valence-electron chi connectivity index (χ0n) is 12.8. The third-order valence-electron chi connectivity index (χ3n) is 3.46. The number of aromatic nitrogens is 2. The maximum atomic E-state index is 12.8. The summed E-state index contributed by atoms with van der Waals surface area (Å²) in [6, 6.07) is 4.32. The molecule has 1 aromatic carbocycles. The molecule has 0 spiro atoms. The van der Waals surface area contributed by atoms with Crippen LogP contribution in [0.3, 0.4) is 0 Å². The number of rotatable bonds is 4. The van der Waals surface area contributed by atoms with E-state index in [1.165, 1.54) is 29.1 Å². The molecule has 0 unspecified atom stereocenters. The third kappa shape index (κ3) is 3.91. The van der Waals surface area contributed by atoms with Gasteiger partial charge in [0.2, 0.25) is 0 Å². The van der Waals surface area contributed by atoms with Gasteiger partial charge in [-0.2, -0.15) is 13.2 Å². The number of alkyl halides is 3. The summed E-state index contributed by atoms with van der Waals surface area (Å²) in [7, 11) is 0. The molecule has 23 heavy (non-hydrogen) atoms. The van der Waals surface area contributed by atoms with Crippen molar-refractivity contribution in [1.29, 1.82) is 0 Å². The molecule has 0 N–H and O–H groups in total. The highest BCUT2D eigenvalue weighted by Crippen LogP contribution is 2.29. The van der Waals surface area contributed by atoms with Crippen molar-refractivity contribution in [2.45, 2.75) is 33.0 Å². The van der Waals surface area contributed by atoms with E-state index in [-0.39, 0.29) is 5.69 Å². The summed E-state index contributed by atoms with van der Waals surface area (Å²) in [5, 5.41) is 0. The van der Waals surface area contributed by atoms with Crippen LogP contribution < -0.4 is 11.1 Å². The van der Waals surface area contributed by atoms with Crippen molar-refractivity contribution in [2.75, 3.05) is 0 Å². The Morgan fingerprint density at radius 3 is 2.39 bits per heavy atom. The molecule has 0 fully saturated rings. The lowest BCUT2D eigenvalue weighted by Gasteiger charge is -2.12. The fraction of sp³-hybridized carbons (Fsp3) is 0.375. The molecule has 0 amide bonds. The molecule has 2 aromatic rings. The molecule has 124 valence electrons. The molecule has 0 bridgehead atoms. The molecule has 4 nitrogen and oxygen atoms in total. The highest BCUT2D eigenvalue weighted by atomic mass is 19.4. The first kappa shape index (κ1) is 17.1. The Labute approximate surface area is 130 Å². The van der Waals surface area contributed by atoms with Crippen LogP contribution in [0.5, 0.6) is 0 Å². The fourth-order valence-corrected chi connectivity index (χ4v) is 2.12. The summed E-state index contributed by atoms with van der Waals surface area (Å²) in [6.07, 6.45) is -1.04. The third-order valence-corrected chi connectivity index (χ3v) is 3.46. The van der Waals surface area contributed by atoms with Crippen molar-refractivity contribution >= 4 is 0 Å². The van der Waals surface area contributed by atoms with Crippen LogP contribution in [0, 0.1) is 5.92 Å². The second kappa shape index (κ2) is 6.44. The lowest BCUT2D eigenvalue weighted by Crippen LogP contribution is -2.40. The highest BCUT2D eigenvalue weighted by Gasteiger charge is 2.30. The van der Waals surface area contributed by atoms with Gasteiger partial charge in [0.15, 0.2) is 0 Å². The SMILES string of the molecule is CC(C)CCn1ccn(-c2cccc(C(F)(F)F)c2)c(=O)c1=O. The molecule has 0 aliphatic carbocycles. The summed E-state index contributed by atoms with van der Waals surface area (Å²) in [6.45, 7) is 4.39. The largest absolute Gasteiger partial charge is 0.416 e. The molecule has 0 saturated heterocycles. The minimum absolute atomic E-state index is 0.0120. The number of hydrogen-bond acceptors (Lipinski definition) is 2. The zero-order chi connectivity index (χ0) is 17.2. The smallest absolute Gasteiger partial charge is 0.309 e. The van der Waals surface area contributed by atoms with Gasteiger partial charge in [0.05, 0.1) is 5.56 Å². The Morgan fingerprint density at radius 2 is 1.78 bits per heavy atom. The lowest BCUT2D eigenvalue weighted by atomic mass is 10.1. The Morgan fingerprint density at radius 1 is 1.09 bits per heavy atom. The first-order chi connectivity index (χ1) is 10.7. The minimum atomic E-state index is -4.51. The number of benzene rings is 1. The first-order valence-corrected chi connectivity index (χ1v) is 7.20. The van der Waals surface area contributed by atoms with Crippen LogP contribution in [-0.4, -0.2) is 9.13 Å². The standard InChI is InChI=1S/C16H17F3N2O2/c1-11(2)6-7-20-8-9-21(15(23)14(20)22)13-5-3-4-12(10-13)16(17,18)19/h3-5,8-11H,6-7H2,1-2H3. The topological polar surface area (TPSA) is 44.0 Å². The van der Waals surface area contributed by atoms with E-state index in [2.05, 4.69) is 0 Å².